The molecule has 2 amide bonds. The monoisotopic (exact) mass is 729 g/mol. The molecule has 0 spiro atoms. The van der Waals surface area contributed by atoms with Crippen LogP contribution in [0.2, 0.25) is 15.1 Å². The predicted octanol–water partition coefficient (Wildman–Crippen LogP) is 7.80. The second kappa shape index (κ2) is 17.1. The van der Waals surface area contributed by atoms with Gasteiger partial charge in [0.2, 0.25) is 11.8 Å². The molecule has 0 saturated heterocycles. The van der Waals surface area contributed by atoms with Gasteiger partial charge in [0.15, 0.2) is 0 Å². The van der Waals surface area contributed by atoms with E-state index in [0.717, 1.165) is 9.87 Å². The van der Waals surface area contributed by atoms with E-state index in [1.807, 2.05) is 51.1 Å². The smallest absolute Gasteiger partial charge is 0.264 e. The topological polar surface area (TPSA) is 96.0 Å². The van der Waals surface area contributed by atoms with Crippen molar-refractivity contribution in [3.63, 3.8) is 0 Å². The number of sulfonamides is 1. The molecule has 0 saturated carbocycles. The molecule has 4 aromatic carbocycles. The molecule has 0 aromatic heterocycles. The van der Waals surface area contributed by atoms with Gasteiger partial charge in [0, 0.05) is 39.6 Å². The lowest BCUT2D eigenvalue weighted by Gasteiger charge is -2.34. The molecule has 12 heteroatoms. The van der Waals surface area contributed by atoms with E-state index in [0.29, 0.717) is 39.4 Å². The lowest BCUT2D eigenvalue weighted by Crippen LogP contribution is -2.54. The van der Waals surface area contributed by atoms with Gasteiger partial charge in [-0.3, -0.25) is 13.9 Å². The van der Waals surface area contributed by atoms with Gasteiger partial charge in [-0.15, -0.1) is 0 Å². The number of rotatable bonds is 15. The van der Waals surface area contributed by atoms with Gasteiger partial charge in [0.1, 0.15) is 18.3 Å². The molecule has 8 nitrogen and oxygen atoms in total. The fourth-order valence-corrected chi connectivity index (χ4v) is 7.04. The van der Waals surface area contributed by atoms with Crippen molar-refractivity contribution in [1.29, 1.82) is 0 Å². The highest BCUT2D eigenvalue weighted by Crippen LogP contribution is 2.30. The molecule has 0 bridgehead atoms. The largest absolute Gasteiger partial charge is 0.494 e. The molecule has 0 aliphatic carbocycles. The average Bonchev–Trinajstić information content (AvgIpc) is 3.07. The van der Waals surface area contributed by atoms with Gasteiger partial charge in [-0.25, -0.2) is 8.42 Å². The van der Waals surface area contributed by atoms with Gasteiger partial charge in [0.05, 0.1) is 17.2 Å². The zero-order valence-electron chi connectivity index (χ0n) is 26.9. The Hall–Kier alpha value is -3.76. The Morgan fingerprint density at radius 2 is 1.46 bits per heavy atom. The highest BCUT2D eigenvalue weighted by Gasteiger charge is 2.35. The highest BCUT2D eigenvalue weighted by atomic mass is 35.5. The van der Waals surface area contributed by atoms with Gasteiger partial charge < -0.3 is 15.0 Å². The minimum absolute atomic E-state index is 0.0652. The van der Waals surface area contributed by atoms with Crippen LogP contribution in [0.4, 0.5) is 5.69 Å². The summed E-state index contributed by atoms with van der Waals surface area (Å²) >= 11 is 19.2. The third-order valence-corrected chi connectivity index (χ3v) is 10.5. The van der Waals surface area contributed by atoms with E-state index in [9.17, 15) is 18.0 Å². The minimum Gasteiger partial charge on any atom is -0.494 e. The van der Waals surface area contributed by atoms with Gasteiger partial charge in [-0.2, -0.15) is 0 Å². The van der Waals surface area contributed by atoms with Crippen molar-refractivity contribution in [2.24, 2.45) is 0 Å². The van der Waals surface area contributed by atoms with E-state index in [2.05, 4.69) is 5.32 Å². The van der Waals surface area contributed by atoms with Crippen molar-refractivity contribution in [3.8, 4) is 5.75 Å². The van der Waals surface area contributed by atoms with E-state index in [1.54, 1.807) is 42.5 Å². The SMILES string of the molecule is CCOc1ccc(N(CC(=O)N(Cc2c(Cl)cccc2Cl)[C@H](Cc2ccccc2)C(=O)N[C@H](C)CC)S(=O)(=O)c2ccc(Cl)cc2)cc1. The molecular formula is C36H38Cl3N3O5S. The Labute approximate surface area is 297 Å². The molecule has 0 heterocycles. The van der Waals surface area contributed by atoms with Crippen molar-refractivity contribution in [3.05, 3.63) is 123 Å². The van der Waals surface area contributed by atoms with Crippen molar-refractivity contribution in [2.45, 2.75) is 57.1 Å². The van der Waals surface area contributed by atoms with Crippen LogP contribution in [-0.2, 0) is 32.6 Å². The number of amides is 2. The Balaban J connectivity index is 1.84. The normalized spacial score (nSPS) is 12.5. The van der Waals surface area contributed by atoms with Crippen molar-refractivity contribution >= 4 is 62.3 Å². The molecule has 0 aliphatic heterocycles. The van der Waals surface area contributed by atoms with E-state index >= 15 is 0 Å². The molecule has 254 valence electrons. The summed E-state index contributed by atoms with van der Waals surface area (Å²) in [6.45, 7) is 5.29. The Bertz CT molecular complexity index is 1770. The molecular weight excluding hydrogens is 693 g/mol. The van der Waals surface area contributed by atoms with Crippen LogP contribution < -0.4 is 14.4 Å². The van der Waals surface area contributed by atoms with E-state index in [-0.39, 0.29) is 29.6 Å². The summed E-state index contributed by atoms with van der Waals surface area (Å²) in [6, 6.07) is 25.1. The van der Waals surface area contributed by atoms with Crippen LogP contribution in [0.5, 0.6) is 5.75 Å². The molecule has 0 unspecified atom stereocenters. The van der Waals surface area contributed by atoms with E-state index in [1.165, 1.54) is 29.2 Å². The first-order valence-corrected chi connectivity index (χ1v) is 18.1. The summed E-state index contributed by atoms with van der Waals surface area (Å²) < 4.78 is 35.0. The van der Waals surface area contributed by atoms with Crippen LogP contribution in [0, 0.1) is 0 Å². The lowest BCUT2D eigenvalue weighted by atomic mass is 10.0. The van der Waals surface area contributed by atoms with Crippen LogP contribution in [0.3, 0.4) is 0 Å². The number of ether oxygens (including phenoxy) is 1. The number of nitrogens with one attached hydrogen (secondary N) is 1. The van der Waals surface area contributed by atoms with Crippen LogP contribution in [0.15, 0.2) is 102 Å². The standard InChI is InChI=1S/C36H38Cl3N3O5S/c1-4-25(3)40-36(44)34(22-26-10-7-6-8-11-26)41(23-31-32(38)12-9-13-33(31)39)35(43)24-42(28-16-18-29(19-17-28)47-5-2)48(45,46)30-20-14-27(37)15-21-30/h6-21,25,34H,4-5,22-24H2,1-3H3,(H,40,44)/t25-,34-/m1/s1. The van der Waals surface area contributed by atoms with Gasteiger partial charge >= 0.3 is 0 Å². The summed E-state index contributed by atoms with van der Waals surface area (Å²) in [4.78, 5) is 29.9. The molecule has 48 heavy (non-hydrogen) atoms. The first-order valence-electron chi connectivity index (χ1n) is 15.5. The number of hydrogen-bond donors (Lipinski definition) is 1. The first-order chi connectivity index (χ1) is 22.9. The fourth-order valence-electron chi connectivity index (χ4n) is 4.99. The quantitative estimate of drug-likeness (QED) is 0.135. The second-order valence-electron chi connectivity index (χ2n) is 11.1. The third-order valence-electron chi connectivity index (χ3n) is 7.78. The van der Waals surface area contributed by atoms with Crippen molar-refractivity contribution in [2.75, 3.05) is 17.5 Å². The summed E-state index contributed by atoms with van der Waals surface area (Å²) in [7, 11) is -4.31. The third kappa shape index (κ3) is 9.44. The maximum Gasteiger partial charge on any atom is 0.264 e. The molecule has 2 atom stereocenters. The number of benzene rings is 4. The van der Waals surface area contributed by atoms with Crippen molar-refractivity contribution in [1.82, 2.24) is 10.2 Å². The summed E-state index contributed by atoms with van der Waals surface area (Å²) in [5, 5.41) is 3.97. The Morgan fingerprint density at radius 1 is 0.833 bits per heavy atom. The predicted molar refractivity (Wildman–Crippen MR) is 192 cm³/mol. The zero-order valence-corrected chi connectivity index (χ0v) is 30.0. The number of nitrogens with zero attached hydrogens (tertiary/aromatic N) is 2. The van der Waals surface area contributed by atoms with E-state index in [4.69, 9.17) is 39.5 Å². The van der Waals surface area contributed by atoms with Crippen LogP contribution in [-0.4, -0.2) is 50.4 Å². The first kappa shape index (κ1) is 37.1. The summed E-state index contributed by atoms with van der Waals surface area (Å²) in [5.41, 5.74) is 1.46. The molecule has 4 rings (SSSR count). The van der Waals surface area contributed by atoms with Crippen LogP contribution in [0.25, 0.3) is 0 Å². The molecule has 0 fully saturated rings. The Morgan fingerprint density at radius 3 is 2.04 bits per heavy atom. The number of carbonyl (C=O) groups excluding carboxylic acids is 2. The van der Waals surface area contributed by atoms with Gasteiger partial charge in [-0.05, 0) is 86.5 Å². The number of hydrogen-bond acceptors (Lipinski definition) is 5. The number of halogens is 3. The molecule has 0 aliphatic rings. The highest BCUT2D eigenvalue weighted by molar-refractivity contribution is 7.92. The molecule has 4 aromatic rings. The zero-order chi connectivity index (χ0) is 34.8. The molecule has 1 N–H and O–H groups in total. The summed E-state index contributed by atoms with van der Waals surface area (Å²) in [6.07, 6.45) is 0.822. The van der Waals surface area contributed by atoms with Crippen LogP contribution >= 0.6 is 34.8 Å². The number of anilines is 1. The van der Waals surface area contributed by atoms with Crippen LogP contribution in [0.1, 0.15) is 38.3 Å². The fraction of sp³-hybridized carbons (Fsp3) is 0.278. The second-order valence-corrected chi connectivity index (χ2v) is 14.3. The maximum absolute atomic E-state index is 14.7. The summed E-state index contributed by atoms with van der Waals surface area (Å²) in [5.74, 6) is -0.494. The average molecular weight is 731 g/mol. The lowest BCUT2D eigenvalue weighted by molar-refractivity contribution is -0.140. The van der Waals surface area contributed by atoms with E-state index < -0.39 is 34.4 Å². The van der Waals surface area contributed by atoms with Gasteiger partial charge in [-0.1, -0.05) is 78.1 Å². The minimum atomic E-state index is -4.31. The van der Waals surface area contributed by atoms with Crippen molar-refractivity contribution < 1.29 is 22.7 Å². The molecule has 0 radical (unpaired) electrons. The maximum atomic E-state index is 14.7. The van der Waals surface area contributed by atoms with Gasteiger partial charge in [0.25, 0.3) is 10.0 Å². The Kier molecular flexibility index (Phi) is 13.2. The number of carbonyl (C=O) groups is 2.